The van der Waals surface area contributed by atoms with Gasteiger partial charge in [0.25, 0.3) is 5.91 Å². The first kappa shape index (κ1) is 30.5. The van der Waals surface area contributed by atoms with E-state index in [1.807, 2.05) is 13.0 Å². The Morgan fingerprint density at radius 3 is 2.46 bits per heavy atom. The summed E-state index contributed by atoms with van der Waals surface area (Å²) in [6.45, 7) is 11.2. The molecule has 2 fully saturated rings. The van der Waals surface area contributed by atoms with Gasteiger partial charge >= 0.3 is 6.18 Å². The van der Waals surface area contributed by atoms with Crippen LogP contribution in [0.3, 0.4) is 0 Å². The number of nitrogens with one attached hydrogen (secondary N) is 1. The maximum atomic E-state index is 13.2. The summed E-state index contributed by atoms with van der Waals surface area (Å²) in [5, 5.41) is 13.9. The van der Waals surface area contributed by atoms with Gasteiger partial charge in [-0.3, -0.25) is 9.78 Å². The minimum Gasteiger partial charge on any atom is -0.389 e. The molecule has 10 heteroatoms. The van der Waals surface area contributed by atoms with E-state index in [1.54, 1.807) is 25.3 Å². The summed E-state index contributed by atoms with van der Waals surface area (Å²) in [7, 11) is 0. The SMILES string of the molecule is C=C(C)C(=CC(=CC)NC(=O)c1cccc(C(F)(F)F)c1)c1cnc(CC2(O)CCOCC2)c(N2CCOCC2)c1. The van der Waals surface area contributed by atoms with Crippen molar-refractivity contribution < 1.29 is 32.5 Å². The van der Waals surface area contributed by atoms with Crippen LogP contribution >= 0.6 is 0 Å². The molecule has 2 N–H and O–H groups in total. The molecule has 41 heavy (non-hydrogen) atoms. The number of rotatable bonds is 8. The molecule has 4 rings (SSSR count). The number of carbonyl (C=O) groups excluding carboxylic acids is 1. The van der Waals surface area contributed by atoms with Gasteiger partial charge in [-0.15, -0.1) is 0 Å². The van der Waals surface area contributed by atoms with Crippen molar-refractivity contribution >= 4 is 17.2 Å². The summed E-state index contributed by atoms with van der Waals surface area (Å²) < 4.78 is 50.5. The van der Waals surface area contributed by atoms with Gasteiger partial charge in [0.1, 0.15) is 0 Å². The van der Waals surface area contributed by atoms with Crippen LogP contribution in [-0.4, -0.2) is 61.1 Å². The van der Waals surface area contributed by atoms with Crippen molar-refractivity contribution in [3.63, 3.8) is 0 Å². The normalized spacial score (nSPS) is 18.2. The van der Waals surface area contributed by atoms with Gasteiger partial charge in [-0.1, -0.05) is 24.3 Å². The van der Waals surface area contributed by atoms with E-state index in [-0.39, 0.29) is 5.56 Å². The van der Waals surface area contributed by atoms with Gasteiger partial charge in [0, 0.05) is 55.7 Å². The number of hydrogen-bond acceptors (Lipinski definition) is 6. The number of aromatic nitrogens is 1. The maximum Gasteiger partial charge on any atom is 0.416 e. The largest absolute Gasteiger partial charge is 0.416 e. The maximum absolute atomic E-state index is 13.2. The Morgan fingerprint density at radius 2 is 1.83 bits per heavy atom. The van der Waals surface area contributed by atoms with E-state index < -0.39 is 23.2 Å². The Hall–Kier alpha value is -3.47. The Bertz CT molecular complexity index is 1320. The molecule has 0 saturated carbocycles. The fourth-order valence-corrected chi connectivity index (χ4v) is 4.92. The highest BCUT2D eigenvalue weighted by molar-refractivity contribution is 5.96. The van der Waals surface area contributed by atoms with Crippen molar-refractivity contribution in [2.75, 3.05) is 44.4 Å². The number of carbonyl (C=O) groups is 1. The fourth-order valence-electron chi connectivity index (χ4n) is 4.92. The number of ether oxygens (including phenoxy) is 2. The molecule has 2 aliphatic rings. The lowest BCUT2D eigenvalue weighted by Crippen LogP contribution is -2.40. The quantitative estimate of drug-likeness (QED) is 0.418. The van der Waals surface area contributed by atoms with Crippen molar-refractivity contribution in [1.29, 1.82) is 0 Å². The van der Waals surface area contributed by atoms with Crippen molar-refractivity contribution in [3.8, 4) is 0 Å². The number of anilines is 1. The van der Waals surface area contributed by atoms with Crippen LogP contribution in [0.4, 0.5) is 18.9 Å². The van der Waals surface area contributed by atoms with Gasteiger partial charge in [0.15, 0.2) is 0 Å². The number of pyridine rings is 1. The number of alkyl halides is 3. The summed E-state index contributed by atoms with van der Waals surface area (Å²) in [6, 6.07) is 6.31. The second kappa shape index (κ2) is 13.0. The van der Waals surface area contributed by atoms with E-state index >= 15 is 0 Å². The van der Waals surface area contributed by atoms with Crippen LogP contribution in [0, 0.1) is 0 Å². The minimum absolute atomic E-state index is 0.101. The number of allylic oxidation sites excluding steroid dienone is 4. The van der Waals surface area contributed by atoms with Crippen molar-refractivity contribution in [2.24, 2.45) is 0 Å². The summed E-state index contributed by atoms with van der Waals surface area (Å²) in [4.78, 5) is 19.9. The Morgan fingerprint density at radius 1 is 1.15 bits per heavy atom. The summed E-state index contributed by atoms with van der Waals surface area (Å²) in [5.74, 6) is -0.659. The molecule has 2 aromatic rings. The molecule has 0 atom stereocenters. The molecule has 220 valence electrons. The Balaban J connectivity index is 1.64. The van der Waals surface area contributed by atoms with Gasteiger partial charge in [0.05, 0.1) is 35.8 Å². The molecule has 1 aromatic carbocycles. The molecule has 0 aliphatic carbocycles. The molecule has 0 spiro atoms. The van der Waals surface area contributed by atoms with Crippen LogP contribution in [0.15, 0.2) is 66.5 Å². The lowest BCUT2D eigenvalue weighted by Gasteiger charge is -2.35. The molecule has 0 unspecified atom stereocenters. The predicted molar refractivity (Wildman–Crippen MR) is 151 cm³/mol. The van der Waals surface area contributed by atoms with Crippen LogP contribution in [0.2, 0.25) is 0 Å². The van der Waals surface area contributed by atoms with Crippen molar-refractivity contribution in [1.82, 2.24) is 10.3 Å². The molecule has 0 bridgehead atoms. The van der Waals surface area contributed by atoms with Crippen LogP contribution in [-0.2, 0) is 22.1 Å². The fraction of sp³-hybridized carbons (Fsp3) is 0.419. The first-order chi connectivity index (χ1) is 19.5. The second-order valence-corrected chi connectivity index (χ2v) is 10.4. The van der Waals surface area contributed by atoms with E-state index in [1.165, 1.54) is 12.1 Å². The first-order valence-electron chi connectivity index (χ1n) is 13.6. The average Bonchev–Trinajstić information content (AvgIpc) is 2.95. The number of hydrogen-bond donors (Lipinski definition) is 2. The average molecular weight is 572 g/mol. The third kappa shape index (κ3) is 7.84. The van der Waals surface area contributed by atoms with Gasteiger partial charge in [-0.2, -0.15) is 13.2 Å². The first-order valence-corrected chi connectivity index (χ1v) is 13.6. The van der Waals surface area contributed by atoms with Gasteiger partial charge in [0.2, 0.25) is 0 Å². The van der Waals surface area contributed by atoms with E-state index in [2.05, 4.69) is 16.8 Å². The van der Waals surface area contributed by atoms with Crippen LogP contribution < -0.4 is 10.2 Å². The molecule has 7 nitrogen and oxygen atoms in total. The number of amides is 1. The second-order valence-electron chi connectivity index (χ2n) is 10.4. The van der Waals surface area contributed by atoms with Gasteiger partial charge in [-0.25, -0.2) is 0 Å². The topological polar surface area (TPSA) is 83.9 Å². The summed E-state index contributed by atoms with van der Waals surface area (Å²) in [6.07, 6.45) is 2.04. The highest BCUT2D eigenvalue weighted by Crippen LogP contribution is 2.33. The zero-order valence-corrected chi connectivity index (χ0v) is 23.4. The lowest BCUT2D eigenvalue weighted by molar-refractivity contribution is -0.137. The smallest absolute Gasteiger partial charge is 0.389 e. The molecule has 3 heterocycles. The van der Waals surface area contributed by atoms with E-state index in [4.69, 9.17) is 14.5 Å². The molecular formula is C31H36F3N3O4. The van der Waals surface area contributed by atoms with E-state index in [0.717, 1.165) is 29.1 Å². The number of morpholine rings is 1. The lowest BCUT2D eigenvalue weighted by atomic mass is 9.88. The monoisotopic (exact) mass is 571 g/mol. The van der Waals surface area contributed by atoms with Gasteiger partial charge < -0.3 is 24.8 Å². The third-order valence-corrected chi connectivity index (χ3v) is 7.31. The van der Waals surface area contributed by atoms with Crippen molar-refractivity contribution in [3.05, 3.63) is 88.9 Å². The van der Waals surface area contributed by atoms with E-state index in [9.17, 15) is 23.1 Å². The summed E-state index contributed by atoms with van der Waals surface area (Å²) >= 11 is 0. The van der Waals surface area contributed by atoms with Crippen LogP contribution in [0.5, 0.6) is 0 Å². The third-order valence-electron chi connectivity index (χ3n) is 7.31. The van der Waals surface area contributed by atoms with Crippen LogP contribution in [0.1, 0.15) is 53.9 Å². The highest BCUT2D eigenvalue weighted by atomic mass is 19.4. The standard InChI is InChI=1S/C31H36F3N3O4/c1-4-25(36-29(38)22-6-5-7-24(16-22)31(32,33)34)18-26(21(2)3)23-17-28(37-10-14-41-15-11-37)27(35-20-23)19-30(39)8-12-40-13-9-30/h4-7,16-18,20,39H,2,8-15,19H2,1,3H3,(H,36,38). The van der Waals surface area contributed by atoms with Crippen molar-refractivity contribution in [2.45, 2.75) is 44.9 Å². The molecule has 1 amide bonds. The number of benzene rings is 1. The molecule has 2 aliphatic heterocycles. The Kier molecular flexibility index (Phi) is 9.68. The minimum atomic E-state index is -4.55. The molecule has 2 saturated heterocycles. The zero-order chi connectivity index (χ0) is 29.6. The molecule has 1 aromatic heterocycles. The van der Waals surface area contributed by atoms with Crippen LogP contribution in [0.25, 0.3) is 5.57 Å². The number of halogens is 3. The zero-order valence-electron chi connectivity index (χ0n) is 23.4. The molecule has 0 radical (unpaired) electrons. The molecular weight excluding hydrogens is 535 g/mol. The number of nitrogens with zero attached hydrogens (tertiary/aromatic N) is 2. The summed E-state index contributed by atoms with van der Waals surface area (Å²) in [5.41, 5.74) is 2.37. The predicted octanol–water partition coefficient (Wildman–Crippen LogP) is 5.31. The van der Waals surface area contributed by atoms with E-state index in [0.29, 0.717) is 75.6 Å². The highest BCUT2D eigenvalue weighted by Gasteiger charge is 2.33. The Labute approximate surface area is 238 Å². The number of aliphatic hydroxyl groups is 1. The van der Waals surface area contributed by atoms with Gasteiger partial charge in [-0.05, 0) is 62.6 Å².